The lowest BCUT2D eigenvalue weighted by molar-refractivity contribution is -0.219. The number of carbonyl (C=O) groups excluding carboxylic acids is 3. The van der Waals surface area contributed by atoms with E-state index >= 15 is 0 Å². The first-order valence-electron chi connectivity index (χ1n) is 8.62. The van der Waals surface area contributed by atoms with Crippen molar-refractivity contribution in [2.24, 2.45) is 5.41 Å². The number of benzene rings is 1. The number of aliphatic hydroxyl groups is 1. The molecule has 0 spiro atoms. The maximum absolute atomic E-state index is 12.5. The van der Waals surface area contributed by atoms with Gasteiger partial charge < -0.3 is 19.3 Å². The number of aliphatic hydroxyl groups excluding tert-OH is 1. The Balaban J connectivity index is 2.17. The molecule has 1 saturated heterocycles. The van der Waals surface area contributed by atoms with Crippen LogP contribution in [0.3, 0.4) is 0 Å². The number of carbonyl (C=O) groups is 3. The Morgan fingerprint density at radius 3 is 2.26 bits per heavy atom. The molecular weight excluding hydrogens is 354 g/mol. The van der Waals surface area contributed by atoms with E-state index in [1.54, 1.807) is 13.8 Å². The van der Waals surface area contributed by atoms with E-state index in [9.17, 15) is 19.5 Å². The molecule has 3 atom stereocenters. The number of hydrogen-bond donors (Lipinski definition) is 1. The first kappa shape index (κ1) is 20.7. The second-order valence-corrected chi connectivity index (χ2v) is 7.07. The molecule has 8 nitrogen and oxygen atoms in total. The highest BCUT2D eigenvalue weighted by Gasteiger charge is 2.54. The molecule has 2 rings (SSSR count). The Labute approximate surface area is 158 Å². The minimum Gasteiger partial charge on any atom is -0.458 e. The summed E-state index contributed by atoms with van der Waals surface area (Å²) in [5, 5.41) is 10.7. The zero-order valence-corrected chi connectivity index (χ0v) is 15.9. The Bertz CT molecular complexity index is 689. The summed E-state index contributed by atoms with van der Waals surface area (Å²) >= 11 is 0. The van der Waals surface area contributed by atoms with E-state index < -0.39 is 41.9 Å². The van der Waals surface area contributed by atoms with Gasteiger partial charge in [-0.15, -0.1) is 0 Å². The largest absolute Gasteiger partial charge is 0.458 e. The summed E-state index contributed by atoms with van der Waals surface area (Å²) in [7, 11) is 0. The van der Waals surface area contributed by atoms with Crippen LogP contribution in [0.5, 0.6) is 0 Å². The van der Waals surface area contributed by atoms with Gasteiger partial charge in [-0.05, 0) is 5.56 Å². The second kappa shape index (κ2) is 8.39. The van der Waals surface area contributed by atoms with Gasteiger partial charge in [0.25, 0.3) is 0 Å². The summed E-state index contributed by atoms with van der Waals surface area (Å²) in [6.07, 6.45) is -3.88. The third-order valence-corrected chi connectivity index (χ3v) is 4.46. The molecule has 1 N–H and O–H groups in total. The fourth-order valence-electron chi connectivity index (χ4n) is 3.11. The molecule has 0 bridgehead atoms. The van der Waals surface area contributed by atoms with E-state index in [2.05, 4.69) is 0 Å². The molecule has 1 aromatic rings. The highest BCUT2D eigenvalue weighted by molar-refractivity contribution is 5.70. The summed E-state index contributed by atoms with van der Waals surface area (Å²) in [4.78, 5) is 36.5. The van der Waals surface area contributed by atoms with Crippen molar-refractivity contribution in [1.29, 1.82) is 0 Å². The highest BCUT2D eigenvalue weighted by atomic mass is 16.6. The summed E-state index contributed by atoms with van der Waals surface area (Å²) in [5.41, 5.74) is -0.290. The molecule has 0 aliphatic carbocycles. The van der Waals surface area contributed by atoms with Crippen LogP contribution in [0.25, 0.3) is 0 Å². The maximum Gasteiger partial charge on any atom is 0.412 e. The van der Waals surface area contributed by atoms with Crippen molar-refractivity contribution in [3.8, 4) is 0 Å². The minimum atomic E-state index is -1.29. The van der Waals surface area contributed by atoms with Crippen LogP contribution in [0.4, 0.5) is 4.79 Å². The van der Waals surface area contributed by atoms with Crippen LogP contribution in [0.2, 0.25) is 0 Å². The average molecular weight is 379 g/mol. The van der Waals surface area contributed by atoms with Gasteiger partial charge >= 0.3 is 18.0 Å². The van der Waals surface area contributed by atoms with E-state index in [1.165, 1.54) is 13.8 Å². The van der Waals surface area contributed by atoms with Crippen LogP contribution in [0.1, 0.15) is 33.3 Å². The first-order valence-corrected chi connectivity index (χ1v) is 8.62. The molecule has 1 amide bonds. The van der Waals surface area contributed by atoms with E-state index in [0.29, 0.717) is 0 Å². The highest BCUT2D eigenvalue weighted by Crippen LogP contribution is 2.38. The lowest BCUT2D eigenvalue weighted by Crippen LogP contribution is -2.65. The van der Waals surface area contributed by atoms with E-state index in [-0.39, 0.29) is 13.2 Å². The molecule has 8 heteroatoms. The van der Waals surface area contributed by atoms with Gasteiger partial charge in [-0.1, -0.05) is 44.2 Å². The monoisotopic (exact) mass is 379 g/mol. The Kier molecular flexibility index (Phi) is 6.43. The number of likely N-dealkylation sites (tertiary alicyclic amines) is 1. The van der Waals surface area contributed by atoms with Crippen molar-refractivity contribution >= 4 is 18.0 Å². The topological polar surface area (TPSA) is 102 Å². The summed E-state index contributed by atoms with van der Waals surface area (Å²) < 4.78 is 15.8. The van der Waals surface area contributed by atoms with E-state index in [4.69, 9.17) is 14.2 Å². The third kappa shape index (κ3) is 4.97. The van der Waals surface area contributed by atoms with Crippen LogP contribution in [-0.2, 0) is 30.4 Å². The molecule has 0 aromatic heterocycles. The van der Waals surface area contributed by atoms with Gasteiger partial charge in [0.1, 0.15) is 18.9 Å². The van der Waals surface area contributed by atoms with Crippen molar-refractivity contribution in [2.45, 2.75) is 52.7 Å². The predicted octanol–water partition coefficient (Wildman–Crippen LogP) is 1.85. The van der Waals surface area contributed by atoms with Gasteiger partial charge in [-0.25, -0.2) is 4.79 Å². The van der Waals surface area contributed by atoms with Gasteiger partial charge in [-0.3, -0.25) is 14.5 Å². The molecule has 0 saturated carbocycles. The maximum atomic E-state index is 12.5. The second-order valence-electron chi connectivity index (χ2n) is 7.07. The van der Waals surface area contributed by atoms with Gasteiger partial charge in [-0.2, -0.15) is 0 Å². The normalized spacial score (nSPS) is 24.0. The van der Waals surface area contributed by atoms with Crippen LogP contribution >= 0.6 is 0 Å². The molecule has 1 aliphatic heterocycles. The van der Waals surface area contributed by atoms with Crippen LogP contribution in [0, 0.1) is 5.41 Å². The molecule has 1 aliphatic rings. The average Bonchev–Trinajstić information content (AvgIpc) is 2.60. The van der Waals surface area contributed by atoms with Crippen molar-refractivity contribution < 1.29 is 33.7 Å². The van der Waals surface area contributed by atoms with Crippen LogP contribution in [0.15, 0.2) is 30.3 Å². The summed E-state index contributed by atoms with van der Waals surface area (Å²) in [6.45, 7) is 5.58. The van der Waals surface area contributed by atoms with Gasteiger partial charge in [0.15, 0.2) is 6.10 Å². The number of esters is 2. The summed E-state index contributed by atoms with van der Waals surface area (Å²) in [6, 6.07) is 9.11. The predicted molar refractivity (Wildman–Crippen MR) is 94.2 cm³/mol. The molecule has 1 fully saturated rings. The Morgan fingerprint density at radius 1 is 1.11 bits per heavy atom. The van der Waals surface area contributed by atoms with Gasteiger partial charge in [0.2, 0.25) is 0 Å². The quantitative estimate of drug-likeness (QED) is 0.629. The molecule has 1 unspecified atom stereocenters. The molecular formula is C19H25NO7. The Hall–Kier alpha value is -2.61. The van der Waals surface area contributed by atoms with Crippen molar-refractivity contribution in [3.05, 3.63) is 35.9 Å². The van der Waals surface area contributed by atoms with Gasteiger partial charge in [0.05, 0.1) is 12.0 Å². The van der Waals surface area contributed by atoms with Crippen LogP contribution in [-0.4, -0.2) is 53.0 Å². The lowest BCUT2D eigenvalue weighted by atomic mass is 9.77. The van der Waals surface area contributed by atoms with Crippen molar-refractivity contribution in [3.63, 3.8) is 0 Å². The molecule has 148 valence electrons. The van der Waals surface area contributed by atoms with Crippen LogP contribution < -0.4 is 0 Å². The number of rotatable bonds is 4. The number of hydrogen-bond acceptors (Lipinski definition) is 7. The Morgan fingerprint density at radius 2 is 1.70 bits per heavy atom. The van der Waals surface area contributed by atoms with E-state index in [0.717, 1.165) is 10.5 Å². The van der Waals surface area contributed by atoms with Gasteiger partial charge in [0, 0.05) is 13.8 Å². The molecule has 1 aromatic carbocycles. The fourth-order valence-corrected chi connectivity index (χ4v) is 3.11. The smallest absolute Gasteiger partial charge is 0.412 e. The molecule has 1 heterocycles. The first-order chi connectivity index (χ1) is 12.6. The third-order valence-electron chi connectivity index (χ3n) is 4.46. The number of piperidine rings is 1. The molecule has 27 heavy (non-hydrogen) atoms. The number of amides is 1. The molecule has 0 radical (unpaired) electrons. The minimum absolute atomic E-state index is 0.0366. The number of nitrogens with zero attached hydrogens (tertiary/aromatic N) is 1. The summed E-state index contributed by atoms with van der Waals surface area (Å²) in [5.74, 6) is -1.15. The zero-order chi connectivity index (χ0) is 20.2. The number of ether oxygens (including phenoxy) is 3. The van der Waals surface area contributed by atoms with E-state index in [1.807, 2.05) is 30.3 Å². The standard InChI is InChI=1S/C19H25NO7/c1-12(21)26-15-10-20(17(23)19(3,4)16(15)27-13(2)22)18(24)25-11-14-8-6-5-7-9-14/h5-9,15-17,23H,10-11H2,1-4H3/t15-,16+,17?/m0/s1. The SMILES string of the molecule is CC(=O)O[C@H]1CN(C(=O)OCc2ccccc2)C(O)C(C)(C)[C@@H]1OC(C)=O. The van der Waals surface area contributed by atoms with Crippen molar-refractivity contribution in [1.82, 2.24) is 4.90 Å². The van der Waals surface area contributed by atoms with Crippen molar-refractivity contribution in [2.75, 3.05) is 6.54 Å². The zero-order valence-electron chi connectivity index (χ0n) is 15.9. The lowest BCUT2D eigenvalue weighted by Gasteiger charge is -2.49. The fraction of sp³-hybridized carbons (Fsp3) is 0.526.